The predicted molar refractivity (Wildman–Crippen MR) is 113 cm³/mol. The summed E-state index contributed by atoms with van der Waals surface area (Å²) in [6.45, 7) is 10.6. The number of rotatable bonds is 8. The van der Waals surface area contributed by atoms with Crippen molar-refractivity contribution in [3.63, 3.8) is 0 Å². The van der Waals surface area contributed by atoms with E-state index in [1.807, 2.05) is 6.07 Å². The Hall–Kier alpha value is -1.97. The van der Waals surface area contributed by atoms with Gasteiger partial charge in [-0.3, -0.25) is 0 Å². The lowest BCUT2D eigenvalue weighted by atomic mass is 9.78. The average molecular weight is 389 g/mol. The zero-order valence-corrected chi connectivity index (χ0v) is 18.4. The maximum absolute atomic E-state index is 12.5. The molecule has 0 saturated heterocycles. The van der Waals surface area contributed by atoms with E-state index in [-0.39, 0.29) is 17.3 Å². The highest BCUT2D eigenvalue weighted by atomic mass is 16.5. The van der Waals surface area contributed by atoms with Gasteiger partial charge in [-0.05, 0) is 70.4 Å². The molecule has 1 unspecified atom stereocenters. The van der Waals surface area contributed by atoms with Crippen molar-refractivity contribution in [2.45, 2.75) is 91.1 Å². The fourth-order valence-electron chi connectivity index (χ4n) is 4.31. The predicted octanol–water partition coefficient (Wildman–Crippen LogP) is 6.30. The van der Waals surface area contributed by atoms with E-state index < -0.39 is 5.97 Å². The van der Waals surface area contributed by atoms with E-state index in [9.17, 15) is 9.90 Å². The fourth-order valence-corrected chi connectivity index (χ4v) is 4.31. The summed E-state index contributed by atoms with van der Waals surface area (Å²) in [6.07, 6.45) is 8.70. The molecule has 0 bridgehead atoms. The molecule has 2 rings (SSSR count). The number of carbonyl (C=O) groups excluding carboxylic acids is 1. The summed E-state index contributed by atoms with van der Waals surface area (Å²) in [5.74, 6) is 0.383. The van der Waals surface area contributed by atoms with Gasteiger partial charge in [-0.1, -0.05) is 38.3 Å². The van der Waals surface area contributed by atoms with Crippen molar-refractivity contribution in [2.24, 2.45) is 0 Å². The summed E-state index contributed by atoms with van der Waals surface area (Å²) < 4.78 is 11.3. The summed E-state index contributed by atoms with van der Waals surface area (Å²) in [6, 6.07) is 1.96. The molecule has 0 spiro atoms. The minimum absolute atomic E-state index is 0.0423. The molecule has 4 heteroatoms. The van der Waals surface area contributed by atoms with Crippen molar-refractivity contribution in [3.8, 4) is 11.5 Å². The number of carbonyl (C=O) groups is 1. The molecule has 1 aromatic carbocycles. The Labute approximate surface area is 169 Å². The lowest BCUT2D eigenvalue weighted by Crippen LogP contribution is -2.35. The van der Waals surface area contributed by atoms with Crippen LogP contribution in [0.4, 0.5) is 0 Å². The van der Waals surface area contributed by atoms with Gasteiger partial charge in [0.15, 0.2) is 0 Å². The van der Waals surface area contributed by atoms with Crippen LogP contribution in [0.25, 0.3) is 0 Å². The third kappa shape index (κ3) is 5.09. The summed E-state index contributed by atoms with van der Waals surface area (Å²) in [5, 5.41) is 11.2. The molecule has 0 amide bonds. The standard InChI is InChI=1S/C24H36O4/c1-7-9-10-12-17-14-19-20(22(25)21(17)23(26)27-6)18(13-16(3)11-8-2)15-24(4,5)28-19/h11,14,18,25H,7-10,12-13,15H2,1-6H3/b16-11-. The largest absolute Gasteiger partial charge is 0.507 e. The lowest BCUT2D eigenvalue weighted by molar-refractivity contribution is 0.0590. The Morgan fingerprint density at radius 1 is 1.36 bits per heavy atom. The van der Waals surface area contributed by atoms with Crippen molar-refractivity contribution >= 4 is 5.97 Å². The summed E-state index contributed by atoms with van der Waals surface area (Å²) >= 11 is 0. The first-order valence-corrected chi connectivity index (χ1v) is 10.6. The number of methoxy groups -OCH3 is 1. The van der Waals surface area contributed by atoms with Gasteiger partial charge in [-0.15, -0.1) is 0 Å². The van der Waals surface area contributed by atoms with Gasteiger partial charge in [0.2, 0.25) is 0 Å². The number of aryl methyl sites for hydroxylation is 1. The molecule has 156 valence electrons. The number of allylic oxidation sites excluding steroid dienone is 2. The molecule has 1 atom stereocenters. The van der Waals surface area contributed by atoms with Crippen LogP contribution in [0, 0.1) is 0 Å². The minimum Gasteiger partial charge on any atom is -0.507 e. The first-order chi connectivity index (χ1) is 13.2. The molecule has 1 N–H and O–H groups in total. The third-order valence-electron chi connectivity index (χ3n) is 5.48. The number of benzene rings is 1. The number of hydrogen-bond donors (Lipinski definition) is 1. The molecule has 1 aliphatic rings. The fraction of sp³-hybridized carbons (Fsp3) is 0.625. The Morgan fingerprint density at radius 3 is 2.68 bits per heavy atom. The number of hydrogen-bond acceptors (Lipinski definition) is 4. The molecule has 1 heterocycles. The van der Waals surface area contributed by atoms with Gasteiger partial charge in [-0.2, -0.15) is 0 Å². The summed E-state index contributed by atoms with van der Waals surface area (Å²) in [7, 11) is 1.36. The van der Waals surface area contributed by atoms with Crippen molar-refractivity contribution in [1.29, 1.82) is 0 Å². The van der Waals surface area contributed by atoms with Crippen LogP contribution in [0.2, 0.25) is 0 Å². The molecule has 0 fully saturated rings. The van der Waals surface area contributed by atoms with Gasteiger partial charge < -0.3 is 14.6 Å². The summed E-state index contributed by atoms with van der Waals surface area (Å²) in [4.78, 5) is 12.5. The molecule has 0 aromatic heterocycles. The van der Waals surface area contributed by atoms with Crippen molar-refractivity contribution in [1.82, 2.24) is 0 Å². The van der Waals surface area contributed by atoms with Crippen LogP contribution in [0.15, 0.2) is 17.7 Å². The number of fused-ring (bicyclic) bond motifs is 1. The zero-order chi connectivity index (χ0) is 20.9. The van der Waals surface area contributed by atoms with Crippen molar-refractivity contribution in [2.75, 3.05) is 7.11 Å². The maximum Gasteiger partial charge on any atom is 0.341 e. The zero-order valence-electron chi connectivity index (χ0n) is 18.4. The van der Waals surface area contributed by atoms with E-state index in [1.54, 1.807) is 0 Å². The number of unbranched alkanes of at least 4 members (excludes halogenated alkanes) is 2. The topological polar surface area (TPSA) is 55.8 Å². The van der Waals surface area contributed by atoms with E-state index >= 15 is 0 Å². The number of aromatic hydroxyl groups is 1. The number of esters is 1. The molecule has 0 aliphatic carbocycles. The molecule has 0 saturated carbocycles. The van der Waals surface area contributed by atoms with Crippen LogP contribution in [0.5, 0.6) is 11.5 Å². The van der Waals surface area contributed by atoms with Crippen molar-refractivity contribution in [3.05, 3.63) is 34.4 Å². The minimum atomic E-state index is -0.476. The highest BCUT2D eigenvalue weighted by Gasteiger charge is 2.38. The van der Waals surface area contributed by atoms with E-state index in [1.165, 1.54) is 12.7 Å². The highest BCUT2D eigenvalue weighted by Crippen LogP contribution is 2.50. The first kappa shape index (κ1) is 22.3. The smallest absolute Gasteiger partial charge is 0.341 e. The lowest BCUT2D eigenvalue weighted by Gasteiger charge is -2.39. The Balaban J connectivity index is 2.57. The second kappa shape index (κ2) is 9.49. The Kier molecular flexibility index (Phi) is 7.56. The van der Waals surface area contributed by atoms with Gasteiger partial charge >= 0.3 is 5.97 Å². The molecular formula is C24H36O4. The third-order valence-corrected chi connectivity index (χ3v) is 5.48. The van der Waals surface area contributed by atoms with Gasteiger partial charge in [0.25, 0.3) is 0 Å². The number of phenols is 1. The molecular weight excluding hydrogens is 352 g/mol. The van der Waals surface area contributed by atoms with Gasteiger partial charge in [0, 0.05) is 5.56 Å². The van der Waals surface area contributed by atoms with Gasteiger partial charge in [0.1, 0.15) is 22.7 Å². The molecule has 1 aliphatic heterocycles. The molecule has 1 aromatic rings. The molecule has 28 heavy (non-hydrogen) atoms. The van der Waals surface area contributed by atoms with Crippen LogP contribution in [0.1, 0.15) is 101 Å². The maximum atomic E-state index is 12.5. The summed E-state index contributed by atoms with van der Waals surface area (Å²) in [5.41, 5.74) is 2.85. The average Bonchev–Trinajstić information content (AvgIpc) is 2.60. The van der Waals surface area contributed by atoms with Crippen LogP contribution in [0.3, 0.4) is 0 Å². The quantitative estimate of drug-likeness (QED) is 0.322. The Morgan fingerprint density at radius 2 is 2.07 bits per heavy atom. The normalized spacial score (nSPS) is 18.4. The Bertz CT molecular complexity index is 731. The van der Waals surface area contributed by atoms with Crippen molar-refractivity contribution < 1.29 is 19.4 Å². The van der Waals surface area contributed by atoms with E-state index in [0.717, 1.165) is 56.1 Å². The van der Waals surface area contributed by atoms with Crippen LogP contribution in [-0.4, -0.2) is 23.8 Å². The second-order valence-electron chi connectivity index (χ2n) is 8.55. The number of ether oxygens (including phenoxy) is 2. The highest BCUT2D eigenvalue weighted by molar-refractivity contribution is 5.95. The first-order valence-electron chi connectivity index (χ1n) is 10.6. The second-order valence-corrected chi connectivity index (χ2v) is 8.55. The monoisotopic (exact) mass is 388 g/mol. The number of phenolic OH excluding ortho intramolecular Hbond substituents is 1. The van der Waals surface area contributed by atoms with E-state index in [2.05, 4.69) is 40.7 Å². The molecule has 0 radical (unpaired) electrons. The van der Waals surface area contributed by atoms with Crippen LogP contribution >= 0.6 is 0 Å². The van der Waals surface area contributed by atoms with Crippen LogP contribution in [-0.2, 0) is 11.2 Å². The molecule has 4 nitrogen and oxygen atoms in total. The van der Waals surface area contributed by atoms with Crippen LogP contribution < -0.4 is 4.74 Å². The van der Waals surface area contributed by atoms with E-state index in [0.29, 0.717) is 11.3 Å². The van der Waals surface area contributed by atoms with E-state index in [4.69, 9.17) is 9.47 Å². The SMILES string of the molecule is CC/C=C(/C)CC1CC(C)(C)Oc2cc(CCCCC)c(C(=O)OC)c(O)c21. The van der Waals surface area contributed by atoms with Gasteiger partial charge in [-0.25, -0.2) is 4.79 Å². The van der Waals surface area contributed by atoms with Gasteiger partial charge in [0.05, 0.1) is 7.11 Å².